The summed E-state index contributed by atoms with van der Waals surface area (Å²) >= 11 is 0. The summed E-state index contributed by atoms with van der Waals surface area (Å²) in [5, 5.41) is 31.6. The van der Waals surface area contributed by atoms with Crippen molar-refractivity contribution in [3.05, 3.63) is 29.9 Å². The number of aryl methyl sites for hydroxylation is 2. The number of aromatic nitrogens is 3. The van der Waals surface area contributed by atoms with Gasteiger partial charge in [0.05, 0.1) is 5.69 Å². The standard InChI is InChI=1S/C16H29N5O2/c1-2-21(23)17-12-8-5-3-4-6-9-13-20-15-16(18-19-20)11-7-10-14-22/h2,15,22H,1,3-14H2. The maximum Gasteiger partial charge on any atom is 0.202 e. The van der Waals surface area contributed by atoms with E-state index in [1.165, 1.54) is 25.5 Å². The molecule has 0 spiro atoms. The van der Waals surface area contributed by atoms with Gasteiger partial charge in [-0.05, 0) is 43.8 Å². The average molecular weight is 323 g/mol. The normalized spacial score (nSPS) is 11.8. The second-order valence-corrected chi connectivity index (χ2v) is 5.63. The van der Waals surface area contributed by atoms with Crippen LogP contribution in [0.3, 0.4) is 0 Å². The first-order valence-electron chi connectivity index (χ1n) is 8.52. The molecule has 7 heteroatoms. The predicted molar refractivity (Wildman–Crippen MR) is 88.9 cm³/mol. The van der Waals surface area contributed by atoms with Crippen molar-refractivity contribution in [1.29, 1.82) is 0 Å². The van der Waals surface area contributed by atoms with Crippen molar-refractivity contribution >= 4 is 0 Å². The van der Waals surface area contributed by atoms with E-state index in [0.717, 1.165) is 50.8 Å². The van der Waals surface area contributed by atoms with Gasteiger partial charge in [-0.1, -0.05) is 35.8 Å². The van der Waals surface area contributed by atoms with Crippen LogP contribution in [0.2, 0.25) is 0 Å². The Morgan fingerprint density at radius 1 is 1.17 bits per heavy atom. The van der Waals surface area contributed by atoms with Crippen molar-refractivity contribution in [2.24, 2.45) is 5.11 Å². The number of hydrogen-bond acceptors (Lipinski definition) is 5. The van der Waals surface area contributed by atoms with Crippen molar-refractivity contribution in [3.63, 3.8) is 0 Å². The van der Waals surface area contributed by atoms with E-state index >= 15 is 0 Å². The number of hydrogen-bond donors (Lipinski definition) is 1. The van der Waals surface area contributed by atoms with Gasteiger partial charge in [0.15, 0.2) is 0 Å². The molecule has 1 aromatic heterocycles. The molecule has 1 N–H and O–H groups in total. The second-order valence-electron chi connectivity index (χ2n) is 5.63. The number of hydroxylamine groups is 1. The molecule has 1 rings (SSSR count). The van der Waals surface area contributed by atoms with Crippen LogP contribution in [0.5, 0.6) is 0 Å². The fourth-order valence-electron chi connectivity index (χ4n) is 2.30. The topological polar surface area (TPSA) is 89.4 Å². The molecule has 130 valence electrons. The molecule has 1 aromatic rings. The van der Waals surface area contributed by atoms with Gasteiger partial charge in [-0.2, -0.15) is 0 Å². The maximum atomic E-state index is 10.8. The molecule has 0 unspecified atom stereocenters. The molecular weight excluding hydrogens is 294 g/mol. The van der Waals surface area contributed by atoms with Gasteiger partial charge in [0.25, 0.3) is 0 Å². The molecule has 0 aliphatic carbocycles. The highest BCUT2D eigenvalue weighted by molar-refractivity contribution is 4.92. The minimum atomic E-state index is 0.242. The number of unbranched alkanes of at least 4 members (excludes halogenated alkanes) is 6. The van der Waals surface area contributed by atoms with Crippen LogP contribution in [0.1, 0.15) is 57.1 Å². The Balaban J connectivity index is 1.97. The molecule has 0 amide bonds. The van der Waals surface area contributed by atoms with Gasteiger partial charge < -0.3 is 10.3 Å². The van der Waals surface area contributed by atoms with Crippen LogP contribution in [0, 0.1) is 5.21 Å². The largest absolute Gasteiger partial charge is 0.595 e. The van der Waals surface area contributed by atoms with Gasteiger partial charge >= 0.3 is 0 Å². The van der Waals surface area contributed by atoms with Crippen LogP contribution in [0.4, 0.5) is 0 Å². The number of aliphatic hydroxyl groups is 1. The van der Waals surface area contributed by atoms with E-state index in [1.807, 2.05) is 10.9 Å². The van der Waals surface area contributed by atoms with E-state index in [2.05, 4.69) is 22.0 Å². The van der Waals surface area contributed by atoms with Crippen molar-refractivity contribution < 1.29 is 9.97 Å². The lowest BCUT2D eigenvalue weighted by atomic mass is 10.1. The monoisotopic (exact) mass is 323 g/mol. The van der Waals surface area contributed by atoms with Crippen molar-refractivity contribution in [1.82, 2.24) is 15.0 Å². The van der Waals surface area contributed by atoms with E-state index < -0.39 is 0 Å². The van der Waals surface area contributed by atoms with Crippen LogP contribution in [-0.2, 0) is 13.0 Å². The SMILES string of the molecule is C=C[N+]([O-])=NCCCCCCCCn1cc(CCCCO)nn1. The lowest BCUT2D eigenvalue weighted by molar-refractivity contribution is -0.458. The summed E-state index contributed by atoms with van der Waals surface area (Å²) in [4.78, 5) is 0.524. The van der Waals surface area contributed by atoms with Crippen molar-refractivity contribution in [3.8, 4) is 0 Å². The smallest absolute Gasteiger partial charge is 0.202 e. The molecule has 0 atom stereocenters. The quantitative estimate of drug-likeness (QED) is 0.247. The van der Waals surface area contributed by atoms with Crippen LogP contribution in [-0.4, -0.2) is 38.1 Å². The van der Waals surface area contributed by atoms with Gasteiger partial charge in [-0.3, -0.25) is 4.68 Å². The van der Waals surface area contributed by atoms with E-state index in [4.69, 9.17) is 5.11 Å². The van der Waals surface area contributed by atoms with E-state index in [-0.39, 0.29) is 6.61 Å². The van der Waals surface area contributed by atoms with Crippen molar-refractivity contribution in [2.45, 2.75) is 64.3 Å². The number of nitrogens with zero attached hydrogens (tertiary/aromatic N) is 5. The minimum absolute atomic E-state index is 0.242. The van der Waals surface area contributed by atoms with E-state index in [0.29, 0.717) is 11.4 Å². The van der Waals surface area contributed by atoms with Crippen molar-refractivity contribution in [2.75, 3.05) is 13.2 Å². The first kappa shape index (κ1) is 19.3. The molecule has 0 aliphatic heterocycles. The van der Waals surface area contributed by atoms with Crippen LogP contribution in [0.25, 0.3) is 0 Å². The zero-order valence-corrected chi connectivity index (χ0v) is 13.9. The zero-order valence-electron chi connectivity index (χ0n) is 13.9. The molecule has 0 bridgehead atoms. The minimum Gasteiger partial charge on any atom is -0.595 e. The zero-order chi connectivity index (χ0) is 16.8. The summed E-state index contributed by atoms with van der Waals surface area (Å²) in [6.07, 6.45) is 12.5. The highest BCUT2D eigenvalue weighted by Crippen LogP contribution is 2.07. The Labute approximate surface area is 138 Å². The second kappa shape index (κ2) is 12.8. The number of azo groups is 1. The number of rotatable bonds is 14. The molecule has 0 aliphatic rings. The summed E-state index contributed by atoms with van der Waals surface area (Å²) in [5.41, 5.74) is 1.01. The maximum absolute atomic E-state index is 10.8. The highest BCUT2D eigenvalue weighted by Gasteiger charge is 2.00. The van der Waals surface area contributed by atoms with Gasteiger partial charge in [-0.25, -0.2) is 0 Å². The Hall–Kier alpha value is -1.76. The van der Waals surface area contributed by atoms with Gasteiger partial charge in [0, 0.05) is 19.3 Å². The first-order chi connectivity index (χ1) is 11.3. The molecule has 7 nitrogen and oxygen atoms in total. The third kappa shape index (κ3) is 9.78. The molecule has 1 heterocycles. The molecular formula is C16H29N5O2. The van der Waals surface area contributed by atoms with Crippen LogP contribution in [0.15, 0.2) is 24.1 Å². The fraction of sp³-hybridized carbons (Fsp3) is 0.750. The molecule has 0 fully saturated rings. The lowest BCUT2D eigenvalue weighted by Crippen LogP contribution is -1.98. The van der Waals surface area contributed by atoms with Crippen LogP contribution >= 0.6 is 0 Å². The Morgan fingerprint density at radius 2 is 1.91 bits per heavy atom. The average Bonchev–Trinajstić information content (AvgIpc) is 3.01. The fourth-order valence-corrected chi connectivity index (χ4v) is 2.30. The molecule has 23 heavy (non-hydrogen) atoms. The summed E-state index contributed by atoms with van der Waals surface area (Å²) in [7, 11) is 0. The molecule has 0 saturated heterocycles. The van der Waals surface area contributed by atoms with Crippen LogP contribution < -0.4 is 0 Å². The summed E-state index contributed by atoms with van der Waals surface area (Å²) in [5.74, 6) is 0. The summed E-state index contributed by atoms with van der Waals surface area (Å²) in [6, 6.07) is 0. The highest BCUT2D eigenvalue weighted by atomic mass is 16.5. The van der Waals surface area contributed by atoms with Gasteiger partial charge in [0.2, 0.25) is 6.20 Å². The Morgan fingerprint density at radius 3 is 2.65 bits per heavy atom. The predicted octanol–water partition coefficient (Wildman–Crippen LogP) is 3.04. The molecule has 0 aromatic carbocycles. The van der Waals surface area contributed by atoms with Gasteiger partial charge in [-0.15, -0.1) is 5.10 Å². The Bertz CT molecular complexity index is 459. The summed E-state index contributed by atoms with van der Waals surface area (Å²) in [6.45, 7) is 5.08. The van der Waals surface area contributed by atoms with E-state index in [9.17, 15) is 5.21 Å². The Kier molecular flexibility index (Phi) is 10.7. The lowest BCUT2D eigenvalue weighted by Gasteiger charge is -2.01. The molecule has 0 radical (unpaired) electrons. The number of aliphatic hydroxyl groups excluding tert-OH is 1. The summed E-state index contributed by atoms with van der Waals surface area (Å²) < 4.78 is 1.91. The third-order valence-electron chi connectivity index (χ3n) is 3.62. The molecule has 0 saturated carbocycles. The third-order valence-corrected chi connectivity index (χ3v) is 3.62. The first-order valence-corrected chi connectivity index (χ1v) is 8.52. The van der Waals surface area contributed by atoms with Gasteiger partial charge in [0.1, 0.15) is 6.54 Å². The van der Waals surface area contributed by atoms with E-state index in [1.54, 1.807) is 0 Å².